The minimum Gasteiger partial charge on any atom is -0.374 e. The van der Waals surface area contributed by atoms with E-state index in [9.17, 15) is 0 Å². The van der Waals surface area contributed by atoms with Crippen molar-refractivity contribution in [3.63, 3.8) is 0 Å². The Morgan fingerprint density at radius 1 is 1.41 bits per heavy atom. The van der Waals surface area contributed by atoms with Crippen LogP contribution in [0.2, 0.25) is 0 Å². The number of nitrogens with zero attached hydrogens (tertiary/aromatic N) is 1. The van der Waals surface area contributed by atoms with Crippen molar-refractivity contribution in [2.24, 2.45) is 0 Å². The molecule has 17 heavy (non-hydrogen) atoms. The van der Waals surface area contributed by atoms with Crippen molar-refractivity contribution in [1.29, 1.82) is 0 Å². The van der Waals surface area contributed by atoms with Gasteiger partial charge in [-0.25, -0.2) is 0 Å². The fraction of sp³-hybridized carbons (Fsp3) is 1.00. The Labute approximate surface area is 105 Å². The van der Waals surface area contributed by atoms with Gasteiger partial charge in [0.25, 0.3) is 0 Å². The molecule has 2 aliphatic rings. The molecule has 0 saturated carbocycles. The van der Waals surface area contributed by atoms with Crippen LogP contribution < -0.4 is 5.32 Å². The van der Waals surface area contributed by atoms with E-state index >= 15 is 0 Å². The van der Waals surface area contributed by atoms with Crippen LogP contribution in [-0.4, -0.2) is 62.5 Å². The van der Waals surface area contributed by atoms with Crippen LogP contribution in [0.15, 0.2) is 0 Å². The monoisotopic (exact) mass is 242 g/mol. The largest absolute Gasteiger partial charge is 0.374 e. The minimum absolute atomic E-state index is 0.267. The summed E-state index contributed by atoms with van der Waals surface area (Å²) in [5.74, 6) is 0. The number of nitrogens with one attached hydrogen (secondary N) is 1. The van der Waals surface area contributed by atoms with Gasteiger partial charge in [-0.1, -0.05) is 6.92 Å². The molecular formula is C13H26N2O2. The van der Waals surface area contributed by atoms with Crippen LogP contribution in [0.3, 0.4) is 0 Å². The molecule has 2 aliphatic heterocycles. The van der Waals surface area contributed by atoms with Crippen molar-refractivity contribution < 1.29 is 9.47 Å². The zero-order valence-electron chi connectivity index (χ0n) is 11.2. The molecule has 100 valence electrons. The smallest absolute Gasteiger partial charge is 0.0935 e. The summed E-state index contributed by atoms with van der Waals surface area (Å²) in [4.78, 5) is 2.43. The van der Waals surface area contributed by atoms with E-state index in [4.69, 9.17) is 9.47 Å². The van der Waals surface area contributed by atoms with E-state index in [0.29, 0.717) is 12.1 Å². The fourth-order valence-corrected chi connectivity index (χ4v) is 2.53. The summed E-state index contributed by atoms with van der Waals surface area (Å²) in [7, 11) is 0. The van der Waals surface area contributed by atoms with Crippen molar-refractivity contribution in [1.82, 2.24) is 10.2 Å². The first-order chi connectivity index (χ1) is 8.28. The average molecular weight is 242 g/mol. The molecule has 4 nitrogen and oxygen atoms in total. The van der Waals surface area contributed by atoms with Gasteiger partial charge in [-0.3, -0.25) is 4.90 Å². The number of rotatable bonds is 4. The normalized spacial score (nSPS) is 36.0. The lowest BCUT2D eigenvalue weighted by Crippen LogP contribution is -2.46. The van der Waals surface area contributed by atoms with Crippen LogP contribution in [0.1, 0.15) is 26.7 Å². The molecule has 3 unspecified atom stereocenters. The third-order valence-electron chi connectivity index (χ3n) is 3.80. The quantitative estimate of drug-likeness (QED) is 0.793. The van der Waals surface area contributed by atoms with E-state index in [1.165, 1.54) is 12.8 Å². The van der Waals surface area contributed by atoms with Crippen molar-refractivity contribution >= 4 is 0 Å². The molecule has 0 aliphatic carbocycles. The molecule has 2 saturated heterocycles. The van der Waals surface area contributed by atoms with Gasteiger partial charge in [0, 0.05) is 25.7 Å². The molecule has 0 spiro atoms. The first kappa shape index (κ1) is 13.3. The first-order valence-corrected chi connectivity index (χ1v) is 6.97. The van der Waals surface area contributed by atoms with Gasteiger partial charge in [0.2, 0.25) is 0 Å². The van der Waals surface area contributed by atoms with Gasteiger partial charge in [0.1, 0.15) is 0 Å². The van der Waals surface area contributed by atoms with Gasteiger partial charge in [0.05, 0.1) is 25.4 Å². The van der Waals surface area contributed by atoms with Crippen LogP contribution in [-0.2, 0) is 9.47 Å². The number of piperidine rings is 1. The summed E-state index contributed by atoms with van der Waals surface area (Å²) in [5.41, 5.74) is 0. The predicted octanol–water partition coefficient (Wildman–Crippen LogP) is 0.864. The van der Waals surface area contributed by atoms with Gasteiger partial charge >= 0.3 is 0 Å². The Bertz CT molecular complexity index is 217. The van der Waals surface area contributed by atoms with Crippen LogP contribution in [0.25, 0.3) is 0 Å². The van der Waals surface area contributed by atoms with Crippen LogP contribution in [0, 0.1) is 0 Å². The van der Waals surface area contributed by atoms with Crippen LogP contribution in [0.4, 0.5) is 0 Å². The highest BCUT2D eigenvalue weighted by molar-refractivity contribution is 4.76. The standard InChI is InChI=1S/C13H26N2O2/c1-3-15-6-7-16-13(9-15)10-17-12-5-4-11(2)14-8-12/h11-14H,3-10H2,1-2H3. The molecule has 4 heteroatoms. The highest BCUT2D eigenvalue weighted by Crippen LogP contribution is 2.12. The summed E-state index contributed by atoms with van der Waals surface area (Å²) < 4.78 is 11.7. The minimum atomic E-state index is 0.267. The van der Waals surface area contributed by atoms with E-state index in [2.05, 4.69) is 24.1 Å². The molecule has 0 radical (unpaired) electrons. The molecule has 2 fully saturated rings. The number of hydrogen-bond acceptors (Lipinski definition) is 4. The maximum Gasteiger partial charge on any atom is 0.0935 e. The Morgan fingerprint density at radius 2 is 2.29 bits per heavy atom. The van der Waals surface area contributed by atoms with Crippen molar-refractivity contribution in [3.8, 4) is 0 Å². The summed E-state index contributed by atoms with van der Waals surface area (Å²) in [6, 6.07) is 0.649. The van der Waals surface area contributed by atoms with Crippen LogP contribution in [0.5, 0.6) is 0 Å². The SMILES string of the molecule is CCN1CCOC(COC2CCC(C)NC2)C1. The summed E-state index contributed by atoms with van der Waals surface area (Å²) >= 11 is 0. The third kappa shape index (κ3) is 4.21. The third-order valence-corrected chi connectivity index (χ3v) is 3.80. The Morgan fingerprint density at radius 3 is 3.00 bits per heavy atom. The lowest BCUT2D eigenvalue weighted by molar-refractivity contribution is -0.0878. The first-order valence-electron chi connectivity index (χ1n) is 6.97. The average Bonchev–Trinajstić information content (AvgIpc) is 2.38. The number of hydrogen-bond donors (Lipinski definition) is 1. The number of ether oxygens (including phenoxy) is 2. The molecule has 2 heterocycles. The van der Waals surface area contributed by atoms with Gasteiger partial charge < -0.3 is 14.8 Å². The second-order valence-electron chi connectivity index (χ2n) is 5.23. The fourth-order valence-electron chi connectivity index (χ4n) is 2.53. The number of likely N-dealkylation sites (N-methyl/N-ethyl adjacent to an activating group) is 1. The lowest BCUT2D eigenvalue weighted by atomic mass is 10.0. The summed E-state index contributed by atoms with van der Waals surface area (Å²) in [6.45, 7) is 10.2. The van der Waals surface area contributed by atoms with E-state index in [1.54, 1.807) is 0 Å². The van der Waals surface area contributed by atoms with Crippen molar-refractivity contribution in [2.45, 2.75) is 44.9 Å². The highest BCUT2D eigenvalue weighted by atomic mass is 16.5. The Balaban J connectivity index is 1.64. The zero-order chi connectivity index (χ0) is 12.1. The number of morpholine rings is 1. The Hall–Kier alpha value is -0.160. The molecule has 0 amide bonds. The molecular weight excluding hydrogens is 216 g/mol. The maximum atomic E-state index is 5.95. The molecule has 0 aromatic heterocycles. The van der Waals surface area contributed by atoms with Crippen molar-refractivity contribution in [3.05, 3.63) is 0 Å². The predicted molar refractivity (Wildman–Crippen MR) is 68.3 cm³/mol. The van der Waals surface area contributed by atoms with Gasteiger partial charge in [-0.05, 0) is 26.3 Å². The zero-order valence-corrected chi connectivity index (χ0v) is 11.2. The topological polar surface area (TPSA) is 33.7 Å². The van der Waals surface area contributed by atoms with Gasteiger partial charge in [-0.15, -0.1) is 0 Å². The Kier molecular flexibility index (Phi) is 5.22. The lowest BCUT2D eigenvalue weighted by Gasteiger charge is -2.34. The maximum absolute atomic E-state index is 5.95. The van der Waals surface area contributed by atoms with Crippen LogP contribution >= 0.6 is 0 Å². The van der Waals surface area contributed by atoms with E-state index in [1.807, 2.05) is 0 Å². The molecule has 2 rings (SSSR count). The second-order valence-corrected chi connectivity index (χ2v) is 5.23. The second kappa shape index (κ2) is 6.69. The van der Waals surface area contributed by atoms with E-state index in [0.717, 1.165) is 39.4 Å². The molecule has 0 aromatic rings. The highest BCUT2D eigenvalue weighted by Gasteiger charge is 2.23. The summed E-state index contributed by atoms with van der Waals surface area (Å²) in [6.07, 6.45) is 3.05. The molecule has 1 N–H and O–H groups in total. The summed E-state index contributed by atoms with van der Waals surface area (Å²) in [5, 5.41) is 3.46. The molecule has 0 bridgehead atoms. The molecule has 0 aromatic carbocycles. The van der Waals surface area contributed by atoms with E-state index in [-0.39, 0.29) is 6.10 Å². The van der Waals surface area contributed by atoms with Gasteiger partial charge in [0.15, 0.2) is 0 Å². The van der Waals surface area contributed by atoms with Gasteiger partial charge in [-0.2, -0.15) is 0 Å². The van der Waals surface area contributed by atoms with Crippen molar-refractivity contribution in [2.75, 3.05) is 39.4 Å². The molecule has 3 atom stereocenters. The van der Waals surface area contributed by atoms with E-state index < -0.39 is 0 Å².